The minimum Gasteiger partial charge on any atom is -0.494 e. The summed E-state index contributed by atoms with van der Waals surface area (Å²) >= 11 is 0. The molecular formula is C24H31NO4. The lowest BCUT2D eigenvalue weighted by molar-refractivity contribution is 0.0734. The van der Waals surface area contributed by atoms with Crippen molar-refractivity contribution in [3.8, 4) is 11.5 Å². The van der Waals surface area contributed by atoms with E-state index in [0.29, 0.717) is 30.1 Å². The number of hydrogen-bond acceptors (Lipinski definition) is 5. The first-order chi connectivity index (χ1) is 14.2. The number of unbranched alkanes of at least 4 members (excludes halogenated alkanes) is 5. The Kier molecular flexibility index (Phi) is 9.76. The van der Waals surface area contributed by atoms with Crippen molar-refractivity contribution in [2.75, 3.05) is 6.61 Å². The van der Waals surface area contributed by atoms with Crippen LogP contribution in [0, 0.1) is 0 Å². The molecule has 5 nitrogen and oxygen atoms in total. The van der Waals surface area contributed by atoms with Crippen LogP contribution in [0.3, 0.4) is 0 Å². The first kappa shape index (κ1) is 22.5. The largest absolute Gasteiger partial charge is 0.494 e. The van der Waals surface area contributed by atoms with Crippen molar-refractivity contribution >= 4 is 11.7 Å². The van der Waals surface area contributed by atoms with Gasteiger partial charge in [0.05, 0.1) is 17.9 Å². The second-order valence-electron chi connectivity index (χ2n) is 6.95. The second-order valence-corrected chi connectivity index (χ2v) is 6.95. The van der Waals surface area contributed by atoms with Crippen LogP contribution in [0.15, 0.2) is 53.7 Å². The molecule has 2 aromatic rings. The van der Waals surface area contributed by atoms with E-state index >= 15 is 0 Å². The van der Waals surface area contributed by atoms with E-state index in [1.807, 2.05) is 6.92 Å². The highest BCUT2D eigenvalue weighted by molar-refractivity contribution is 6.00. The van der Waals surface area contributed by atoms with Crippen LogP contribution in [0.4, 0.5) is 0 Å². The van der Waals surface area contributed by atoms with E-state index in [1.165, 1.54) is 32.1 Å². The summed E-state index contributed by atoms with van der Waals surface area (Å²) in [6, 6.07) is 13.9. The molecule has 0 aromatic heterocycles. The molecule has 156 valence electrons. The van der Waals surface area contributed by atoms with E-state index in [2.05, 4.69) is 12.1 Å². The van der Waals surface area contributed by atoms with Gasteiger partial charge in [0, 0.05) is 0 Å². The highest BCUT2D eigenvalue weighted by Gasteiger charge is 2.10. The second kappa shape index (κ2) is 12.6. The maximum atomic E-state index is 12.3. The van der Waals surface area contributed by atoms with Gasteiger partial charge in [0.1, 0.15) is 11.5 Å². The smallest absolute Gasteiger partial charge is 0.343 e. The lowest BCUT2D eigenvalue weighted by Gasteiger charge is -2.08. The number of carbonyl (C=O) groups excluding carboxylic acids is 1. The molecule has 1 N–H and O–H groups in total. The van der Waals surface area contributed by atoms with Crippen molar-refractivity contribution < 1.29 is 19.5 Å². The van der Waals surface area contributed by atoms with Crippen molar-refractivity contribution in [2.45, 2.75) is 58.8 Å². The molecule has 0 aliphatic rings. The maximum Gasteiger partial charge on any atom is 0.343 e. The van der Waals surface area contributed by atoms with E-state index in [-0.39, 0.29) is 0 Å². The molecule has 0 unspecified atom stereocenters. The Bertz CT molecular complexity index is 766. The van der Waals surface area contributed by atoms with Crippen LogP contribution in [0.5, 0.6) is 11.5 Å². The van der Waals surface area contributed by atoms with Gasteiger partial charge in [-0.05, 0) is 66.9 Å². The Balaban J connectivity index is 1.79. The Morgan fingerprint density at radius 2 is 1.41 bits per heavy atom. The maximum absolute atomic E-state index is 12.3. The first-order valence-corrected chi connectivity index (χ1v) is 10.4. The predicted octanol–water partition coefficient (Wildman–Crippen LogP) is 6.23. The number of rotatable bonds is 12. The molecule has 0 saturated heterocycles. The van der Waals surface area contributed by atoms with Crippen LogP contribution in [-0.2, 0) is 0 Å². The molecule has 2 rings (SSSR count). The number of ether oxygens (including phenoxy) is 2. The third-order valence-electron chi connectivity index (χ3n) is 4.71. The quantitative estimate of drug-likeness (QED) is 0.115. The molecule has 0 spiro atoms. The van der Waals surface area contributed by atoms with Gasteiger partial charge in [-0.25, -0.2) is 4.79 Å². The zero-order chi connectivity index (χ0) is 20.9. The molecule has 0 bridgehead atoms. The third-order valence-corrected chi connectivity index (χ3v) is 4.71. The Morgan fingerprint density at radius 1 is 0.828 bits per heavy atom. The molecule has 0 aliphatic heterocycles. The van der Waals surface area contributed by atoms with Gasteiger partial charge in [-0.2, -0.15) is 0 Å². The summed E-state index contributed by atoms with van der Waals surface area (Å²) < 4.78 is 11.1. The number of hydrogen-bond donors (Lipinski definition) is 1. The summed E-state index contributed by atoms with van der Waals surface area (Å²) in [7, 11) is 0. The molecule has 2 aromatic carbocycles. The van der Waals surface area contributed by atoms with Gasteiger partial charge in [0.15, 0.2) is 0 Å². The zero-order valence-electron chi connectivity index (χ0n) is 17.4. The Hall–Kier alpha value is -2.82. The van der Waals surface area contributed by atoms with E-state index in [9.17, 15) is 4.79 Å². The van der Waals surface area contributed by atoms with Gasteiger partial charge in [-0.15, -0.1) is 0 Å². The number of benzene rings is 2. The Morgan fingerprint density at radius 3 is 2.03 bits per heavy atom. The van der Waals surface area contributed by atoms with Gasteiger partial charge in [0.2, 0.25) is 0 Å². The number of esters is 1. The summed E-state index contributed by atoms with van der Waals surface area (Å²) in [4.78, 5) is 12.3. The fraction of sp³-hybridized carbons (Fsp3) is 0.417. The molecule has 0 amide bonds. The minimum absolute atomic E-state index is 0.424. The molecule has 29 heavy (non-hydrogen) atoms. The van der Waals surface area contributed by atoms with Crippen molar-refractivity contribution in [2.24, 2.45) is 5.16 Å². The lowest BCUT2D eigenvalue weighted by Crippen LogP contribution is -2.08. The summed E-state index contributed by atoms with van der Waals surface area (Å²) in [5.74, 6) is 0.775. The highest BCUT2D eigenvalue weighted by Crippen LogP contribution is 2.18. The van der Waals surface area contributed by atoms with Crippen LogP contribution in [0.2, 0.25) is 0 Å². The normalized spacial score (nSPS) is 11.3. The van der Waals surface area contributed by atoms with Crippen molar-refractivity contribution in [3.05, 3.63) is 59.7 Å². The van der Waals surface area contributed by atoms with Gasteiger partial charge in [0.25, 0.3) is 0 Å². The van der Waals surface area contributed by atoms with Crippen LogP contribution < -0.4 is 9.47 Å². The molecule has 0 radical (unpaired) electrons. The molecular weight excluding hydrogens is 366 g/mol. The molecule has 0 heterocycles. The summed E-state index contributed by atoms with van der Waals surface area (Å²) in [5, 5.41) is 12.2. The molecule has 5 heteroatoms. The summed E-state index contributed by atoms with van der Waals surface area (Å²) in [5.41, 5.74) is 1.84. The molecule has 0 aliphatic carbocycles. The fourth-order valence-corrected chi connectivity index (χ4v) is 2.97. The van der Waals surface area contributed by atoms with Crippen molar-refractivity contribution in [3.63, 3.8) is 0 Å². The van der Waals surface area contributed by atoms with Crippen molar-refractivity contribution in [1.29, 1.82) is 0 Å². The van der Waals surface area contributed by atoms with Crippen molar-refractivity contribution in [1.82, 2.24) is 0 Å². The summed E-state index contributed by atoms with van der Waals surface area (Å²) in [6.45, 7) is 4.82. The van der Waals surface area contributed by atoms with E-state index < -0.39 is 5.97 Å². The zero-order valence-corrected chi connectivity index (χ0v) is 17.4. The number of carbonyl (C=O) groups is 1. The van der Waals surface area contributed by atoms with E-state index in [0.717, 1.165) is 17.7 Å². The SMILES string of the molecule is CCCCCCCCOc1ccc(C(=O)Oc2ccc(/C(CC)=N\O)cc2)cc1. The summed E-state index contributed by atoms with van der Waals surface area (Å²) in [6.07, 6.45) is 7.97. The van der Waals surface area contributed by atoms with E-state index in [1.54, 1.807) is 48.5 Å². The van der Waals surface area contributed by atoms with Gasteiger partial charge < -0.3 is 14.7 Å². The lowest BCUT2D eigenvalue weighted by atomic mass is 10.1. The Labute approximate surface area is 173 Å². The van der Waals surface area contributed by atoms with Crippen LogP contribution in [0.1, 0.15) is 74.7 Å². The fourth-order valence-electron chi connectivity index (χ4n) is 2.97. The highest BCUT2D eigenvalue weighted by atomic mass is 16.5. The van der Waals surface area contributed by atoms with Crippen LogP contribution in [0.25, 0.3) is 0 Å². The molecule has 0 fully saturated rings. The monoisotopic (exact) mass is 397 g/mol. The van der Waals surface area contributed by atoms with Gasteiger partial charge >= 0.3 is 5.97 Å². The number of oxime groups is 1. The molecule has 0 atom stereocenters. The molecule has 0 saturated carbocycles. The average molecular weight is 398 g/mol. The third kappa shape index (κ3) is 7.60. The van der Waals surface area contributed by atoms with Gasteiger partial charge in [-0.1, -0.05) is 51.1 Å². The average Bonchev–Trinajstić information content (AvgIpc) is 2.75. The van der Waals surface area contributed by atoms with Gasteiger partial charge in [-0.3, -0.25) is 0 Å². The predicted molar refractivity (Wildman–Crippen MR) is 115 cm³/mol. The van der Waals surface area contributed by atoms with Crippen LogP contribution in [-0.4, -0.2) is 23.5 Å². The minimum atomic E-state index is -0.424. The topological polar surface area (TPSA) is 68.1 Å². The number of nitrogens with zero attached hydrogens (tertiary/aromatic N) is 1. The van der Waals surface area contributed by atoms with E-state index in [4.69, 9.17) is 14.7 Å². The van der Waals surface area contributed by atoms with Crippen LogP contribution >= 0.6 is 0 Å². The first-order valence-electron chi connectivity index (χ1n) is 10.4. The standard InChI is InChI=1S/C24H31NO4/c1-3-5-6-7-8-9-18-28-21-14-12-20(13-15-21)24(26)29-22-16-10-19(11-17-22)23(4-2)25-27/h10-17,27H,3-9,18H2,1-2H3/b25-23-.